The minimum absolute atomic E-state index is 0.0664. The van der Waals surface area contributed by atoms with Gasteiger partial charge in [-0.2, -0.15) is 0 Å². The third kappa shape index (κ3) is 3.37. The summed E-state index contributed by atoms with van der Waals surface area (Å²) in [7, 11) is 1.17. The van der Waals surface area contributed by atoms with Gasteiger partial charge in [0.1, 0.15) is 11.1 Å². The average Bonchev–Trinajstić information content (AvgIpc) is 2.37. The van der Waals surface area contributed by atoms with Crippen LogP contribution in [0.1, 0.15) is 24.5 Å². The summed E-state index contributed by atoms with van der Waals surface area (Å²) in [4.78, 5) is 25.0. The second kappa shape index (κ2) is 6.73. The topological polar surface area (TPSA) is 91.6 Å². The van der Waals surface area contributed by atoms with Crippen molar-refractivity contribution in [2.24, 2.45) is 0 Å². The Bertz CT molecular complexity index is 522. The van der Waals surface area contributed by atoms with Gasteiger partial charge < -0.3 is 9.47 Å². The SMILES string of the molecule is CCOC(=O)Cc1c(OC)ncc(C(F)F)c1[N+](=O)[O-]. The summed E-state index contributed by atoms with van der Waals surface area (Å²) in [5.41, 5.74) is -2.07. The van der Waals surface area contributed by atoms with Crippen LogP contribution in [-0.4, -0.2) is 29.6 Å². The number of pyridine rings is 1. The minimum atomic E-state index is -3.09. The Kier molecular flexibility index (Phi) is 5.30. The van der Waals surface area contributed by atoms with Crippen LogP contribution in [0.3, 0.4) is 0 Å². The lowest BCUT2D eigenvalue weighted by Crippen LogP contribution is -2.12. The first-order valence-corrected chi connectivity index (χ1v) is 5.56. The Morgan fingerprint density at radius 2 is 2.20 bits per heavy atom. The van der Waals surface area contributed by atoms with Gasteiger partial charge in [0.15, 0.2) is 0 Å². The number of esters is 1. The largest absolute Gasteiger partial charge is 0.481 e. The fraction of sp³-hybridized carbons (Fsp3) is 0.455. The van der Waals surface area contributed by atoms with Gasteiger partial charge in [-0.25, -0.2) is 13.8 Å². The molecule has 0 atom stereocenters. The summed E-state index contributed by atoms with van der Waals surface area (Å²) >= 11 is 0. The molecule has 0 aliphatic rings. The number of alkyl halides is 2. The third-order valence-electron chi connectivity index (χ3n) is 2.38. The predicted molar refractivity (Wildman–Crippen MR) is 62.7 cm³/mol. The molecule has 1 aromatic rings. The standard InChI is InChI=1S/C11H12F2N2O5/c1-3-20-8(16)4-6-9(15(17)18)7(10(12)13)5-14-11(6)19-2/h5,10H,3-4H2,1-2H3. The summed E-state index contributed by atoms with van der Waals surface area (Å²) in [6, 6.07) is 0. The average molecular weight is 290 g/mol. The van der Waals surface area contributed by atoms with Gasteiger partial charge in [0, 0.05) is 6.20 Å². The normalized spacial score (nSPS) is 10.4. The number of ether oxygens (including phenoxy) is 2. The Morgan fingerprint density at radius 3 is 2.65 bits per heavy atom. The lowest BCUT2D eigenvalue weighted by Gasteiger charge is -2.10. The number of methoxy groups -OCH3 is 1. The molecule has 0 spiro atoms. The predicted octanol–water partition coefficient (Wildman–Crippen LogP) is 2.04. The molecule has 1 aromatic heterocycles. The van der Waals surface area contributed by atoms with Crippen LogP contribution in [0.5, 0.6) is 5.88 Å². The van der Waals surface area contributed by atoms with Crippen molar-refractivity contribution in [2.75, 3.05) is 13.7 Å². The van der Waals surface area contributed by atoms with Gasteiger partial charge >= 0.3 is 5.97 Å². The monoisotopic (exact) mass is 290 g/mol. The van der Waals surface area contributed by atoms with Crippen molar-refractivity contribution in [1.82, 2.24) is 4.98 Å². The number of hydrogen-bond donors (Lipinski definition) is 0. The van der Waals surface area contributed by atoms with Gasteiger partial charge in [-0.05, 0) is 6.92 Å². The summed E-state index contributed by atoms with van der Waals surface area (Å²) in [5, 5.41) is 11.0. The van der Waals surface area contributed by atoms with E-state index >= 15 is 0 Å². The number of rotatable bonds is 6. The van der Waals surface area contributed by atoms with Crippen LogP contribution in [-0.2, 0) is 16.0 Å². The number of halogens is 2. The minimum Gasteiger partial charge on any atom is -0.481 e. The molecule has 0 saturated carbocycles. The smallest absolute Gasteiger partial charge is 0.310 e. The van der Waals surface area contributed by atoms with Gasteiger partial charge in [-0.15, -0.1) is 0 Å². The van der Waals surface area contributed by atoms with Crippen molar-refractivity contribution >= 4 is 11.7 Å². The van der Waals surface area contributed by atoms with Crippen molar-refractivity contribution in [3.05, 3.63) is 27.4 Å². The maximum absolute atomic E-state index is 12.8. The highest BCUT2D eigenvalue weighted by Crippen LogP contribution is 2.35. The third-order valence-corrected chi connectivity index (χ3v) is 2.38. The first-order chi connectivity index (χ1) is 9.42. The Balaban J connectivity index is 3.38. The van der Waals surface area contributed by atoms with Gasteiger partial charge in [0.25, 0.3) is 12.1 Å². The van der Waals surface area contributed by atoms with Crippen molar-refractivity contribution < 1.29 is 28.0 Å². The van der Waals surface area contributed by atoms with Crippen LogP contribution in [0, 0.1) is 10.1 Å². The van der Waals surface area contributed by atoms with E-state index < -0.39 is 35.0 Å². The molecule has 7 nitrogen and oxygen atoms in total. The Hall–Kier alpha value is -2.32. The van der Waals surface area contributed by atoms with E-state index in [1.54, 1.807) is 6.92 Å². The second-order valence-electron chi connectivity index (χ2n) is 3.59. The number of aromatic nitrogens is 1. The van der Waals surface area contributed by atoms with Crippen LogP contribution in [0.4, 0.5) is 14.5 Å². The molecule has 110 valence electrons. The molecule has 9 heteroatoms. The molecule has 0 unspecified atom stereocenters. The van der Waals surface area contributed by atoms with E-state index in [1.165, 1.54) is 7.11 Å². The first kappa shape index (κ1) is 15.7. The quantitative estimate of drug-likeness (QED) is 0.452. The molecule has 0 fully saturated rings. The van der Waals surface area contributed by atoms with Crippen molar-refractivity contribution in [1.29, 1.82) is 0 Å². The highest BCUT2D eigenvalue weighted by Gasteiger charge is 2.31. The molecule has 0 aromatic carbocycles. The fourth-order valence-electron chi connectivity index (χ4n) is 1.61. The zero-order chi connectivity index (χ0) is 15.3. The lowest BCUT2D eigenvalue weighted by molar-refractivity contribution is -0.387. The van der Waals surface area contributed by atoms with E-state index in [1.807, 2.05) is 0 Å². The van der Waals surface area contributed by atoms with Crippen LogP contribution < -0.4 is 4.74 Å². The zero-order valence-electron chi connectivity index (χ0n) is 10.8. The molecule has 1 heterocycles. The Labute approximate surface area is 112 Å². The molecule has 0 N–H and O–H groups in total. The van der Waals surface area contributed by atoms with Gasteiger partial charge in [0.2, 0.25) is 5.88 Å². The molecule has 0 radical (unpaired) electrons. The maximum atomic E-state index is 12.8. The van der Waals surface area contributed by atoms with E-state index in [9.17, 15) is 23.7 Å². The molecule has 0 aliphatic heterocycles. The van der Waals surface area contributed by atoms with E-state index in [4.69, 9.17) is 4.74 Å². The maximum Gasteiger partial charge on any atom is 0.310 e. The number of nitrogens with zero attached hydrogens (tertiary/aromatic N) is 2. The summed E-state index contributed by atoms with van der Waals surface area (Å²) in [5.74, 6) is -1.05. The molecular weight excluding hydrogens is 278 g/mol. The number of hydrogen-bond acceptors (Lipinski definition) is 6. The van der Waals surface area contributed by atoms with Crippen LogP contribution in [0.15, 0.2) is 6.20 Å². The first-order valence-electron chi connectivity index (χ1n) is 5.56. The van der Waals surface area contributed by atoms with Gasteiger partial charge in [-0.3, -0.25) is 14.9 Å². The van der Waals surface area contributed by atoms with Gasteiger partial charge in [0.05, 0.1) is 25.1 Å². The molecular formula is C11H12F2N2O5. The second-order valence-corrected chi connectivity index (χ2v) is 3.59. The number of carbonyl (C=O) groups is 1. The van der Waals surface area contributed by atoms with Crippen LogP contribution in [0.25, 0.3) is 0 Å². The van der Waals surface area contributed by atoms with Crippen LogP contribution in [0.2, 0.25) is 0 Å². The van der Waals surface area contributed by atoms with Gasteiger partial charge in [-0.1, -0.05) is 0 Å². The van der Waals surface area contributed by atoms with E-state index in [0.29, 0.717) is 6.20 Å². The number of nitro groups is 1. The van der Waals surface area contributed by atoms with E-state index in [2.05, 4.69) is 9.72 Å². The summed E-state index contributed by atoms with van der Waals surface area (Å²) in [6.07, 6.45) is -2.99. The zero-order valence-corrected chi connectivity index (χ0v) is 10.8. The van der Waals surface area contributed by atoms with E-state index in [0.717, 1.165) is 0 Å². The highest BCUT2D eigenvalue weighted by atomic mass is 19.3. The van der Waals surface area contributed by atoms with E-state index in [-0.39, 0.29) is 18.1 Å². The summed E-state index contributed by atoms with van der Waals surface area (Å²) in [6.45, 7) is 1.62. The molecule has 0 saturated heterocycles. The fourth-order valence-corrected chi connectivity index (χ4v) is 1.61. The van der Waals surface area contributed by atoms with Crippen molar-refractivity contribution in [2.45, 2.75) is 19.8 Å². The van der Waals surface area contributed by atoms with Crippen molar-refractivity contribution in [3.8, 4) is 5.88 Å². The molecule has 20 heavy (non-hydrogen) atoms. The van der Waals surface area contributed by atoms with Crippen LogP contribution >= 0.6 is 0 Å². The lowest BCUT2D eigenvalue weighted by atomic mass is 10.1. The molecule has 0 aliphatic carbocycles. The number of carbonyl (C=O) groups excluding carboxylic acids is 1. The van der Waals surface area contributed by atoms with Crippen molar-refractivity contribution in [3.63, 3.8) is 0 Å². The summed E-state index contributed by atoms with van der Waals surface area (Å²) < 4.78 is 35.0. The highest BCUT2D eigenvalue weighted by molar-refractivity contribution is 5.75. The molecule has 1 rings (SSSR count). The molecule has 0 amide bonds. The molecule has 0 bridgehead atoms. The Morgan fingerprint density at radius 1 is 1.55 bits per heavy atom.